The van der Waals surface area contributed by atoms with Crippen molar-refractivity contribution in [2.24, 2.45) is 0 Å². The molecular formula is C23H28N2O4. The number of rotatable bonds is 6. The van der Waals surface area contributed by atoms with Crippen LogP contribution >= 0.6 is 0 Å². The highest BCUT2D eigenvalue weighted by Crippen LogP contribution is 2.40. The molecule has 6 nitrogen and oxygen atoms in total. The van der Waals surface area contributed by atoms with Crippen molar-refractivity contribution in [2.45, 2.75) is 24.8 Å². The Labute approximate surface area is 172 Å². The van der Waals surface area contributed by atoms with E-state index in [-0.39, 0.29) is 12.0 Å². The van der Waals surface area contributed by atoms with E-state index in [1.807, 2.05) is 37.4 Å². The smallest absolute Gasteiger partial charge is 0.161 e. The Morgan fingerprint density at radius 1 is 0.931 bits per heavy atom. The average molecular weight is 396 g/mol. The van der Waals surface area contributed by atoms with Crippen molar-refractivity contribution in [1.82, 2.24) is 4.90 Å². The molecule has 0 amide bonds. The van der Waals surface area contributed by atoms with Crippen LogP contribution in [-0.4, -0.2) is 53.0 Å². The monoisotopic (exact) mass is 396 g/mol. The third-order valence-electron chi connectivity index (χ3n) is 5.67. The van der Waals surface area contributed by atoms with Crippen LogP contribution in [0.25, 0.3) is 0 Å². The topological polar surface area (TPSA) is 64.0 Å². The van der Waals surface area contributed by atoms with E-state index < -0.39 is 0 Å². The molecule has 2 aromatic carbocycles. The number of fused-ring (bicyclic) bond motifs is 1. The summed E-state index contributed by atoms with van der Waals surface area (Å²) >= 11 is 0. The third kappa shape index (κ3) is 4.10. The summed E-state index contributed by atoms with van der Waals surface area (Å²) in [6, 6.07) is 12.3. The van der Waals surface area contributed by atoms with Gasteiger partial charge >= 0.3 is 0 Å². The molecule has 1 aliphatic rings. The summed E-state index contributed by atoms with van der Waals surface area (Å²) in [5, 5.41) is 9.98. The van der Waals surface area contributed by atoms with Crippen LogP contribution in [0.5, 0.6) is 23.0 Å². The Bertz CT molecular complexity index is 906. The first-order valence-corrected chi connectivity index (χ1v) is 9.61. The van der Waals surface area contributed by atoms with Gasteiger partial charge in [0.05, 0.1) is 34.5 Å². The fourth-order valence-corrected chi connectivity index (χ4v) is 4.08. The van der Waals surface area contributed by atoms with Crippen molar-refractivity contribution in [3.63, 3.8) is 0 Å². The van der Waals surface area contributed by atoms with E-state index in [0.29, 0.717) is 29.4 Å². The zero-order chi connectivity index (χ0) is 21.0. The van der Waals surface area contributed by atoms with Crippen molar-refractivity contribution < 1.29 is 18.9 Å². The van der Waals surface area contributed by atoms with Crippen LogP contribution in [0.2, 0.25) is 0 Å². The number of likely N-dealkylation sites (N-methyl/N-ethyl adjacent to an activating group) is 1. The fourth-order valence-electron chi connectivity index (χ4n) is 4.08. The fraction of sp³-hybridized carbons (Fsp3) is 0.435. The second kappa shape index (κ2) is 9.06. The first kappa shape index (κ1) is 20.8. The summed E-state index contributed by atoms with van der Waals surface area (Å²) in [6.45, 7) is 0.809. The van der Waals surface area contributed by atoms with Gasteiger partial charge in [-0.1, -0.05) is 6.07 Å². The first-order chi connectivity index (χ1) is 14.1. The van der Waals surface area contributed by atoms with Gasteiger partial charge in [-0.25, -0.2) is 0 Å². The Morgan fingerprint density at radius 3 is 2.17 bits per heavy atom. The molecular weight excluding hydrogens is 368 g/mol. The van der Waals surface area contributed by atoms with Crippen molar-refractivity contribution in [3.8, 4) is 29.1 Å². The molecule has 154 valence electrons. The van der Waals surface area contributed by atoms with Crippen LogP contribution in [0, 0.1) is 11.3 Å². The lowest BCUT2D eigenvalue weighted by Gasteiger charge is -2.28. The first-order valence-electron chi connectivity index (χ1n) is 9.61. The summed E-state index contributed by atoms with van der Waals surface area (Å²) in [4.78, 5) is 2.13. The quantitative estimate of drug-likeness (QED) is 0.745. The number of nitriles is 1. The maximum absolute atomic E-state index is 9.98. The maximum Gasteiger partial charge on any atom is 0.161 e. The zero-order valence-corrected chi connectivity index (χ0v) is 17.7. The minimum Gasteiger partial charge on any atom is -0.493 e. The molecule has 0 spiro atoms. The van der Waals surface area contributed by atoms with Crippen LogP contribution in [0.1, 0.15) is 22.6 Å². The summed E-state index contributed by atoms with van der Waals surface area (Å²) in [7, 11) is 8.55. The molecule has 0 fully saturated rings. The molecule has 2 atom stereocenters. The Balaban J connectivity index is 2.08. The van der Waals surface area contributed by atoms with Crippen LogP contribution in [-0.2, 0) is 12.8 Å². The molecule has 0 bridgehead atoms. The molecule has 3 rings (SSSR count). The lowest BCUT2D eigenvalue weighted by molar-refractivity contribution is 0.267. The van der Waals surface area contributed by atoms with Gasteiger partial charge in [0, 0.05) is 12.5 Å². The highest BCUT2D eigenvalue weighted by molar-refractivity contribution is 5.51. The largest absolute Gasteiger partial charge is 0.493 e. The predicted molar refractivity (Wildman–Crippen MR) is 111 cm³/mol. The molecule has 0 aromatic heterocycles. The highest BCUT2D eigenvalue weighted by Gasteiger charge is 2.32. The number of hydrogen-bond donors (Lipinski definition) is 0. The van der Waals surface area contributed by atoms with E-state index in [0.717, 1.165) is 24.1 Å². The van der Waals surface area contributed by atoms with Gasteiger partial charge in [0.15, 0.2) is 23.0 Å². The lowest BCUT2D eigenvalue weighted by Crippen LogP contribution is -2.35. The molecule has 6 heteroatoms. The van der Waals surface area contributed by atoms with E-state index in [4.69, 9.17) is 18.9 Å². The van der Waals surface area contributed by atoms with Crippen molar-refractivity contribution in [2.75, 3.05) is 42.0 Å². The van der Waals surface area contributed by atoms with Gasteiger partial charge in [-0.3, -0.25) is 4.90 Å². The number of benzene rings is 2. The van der Waals surface area contributed by atoms with Gasteiger partial charge in [0.1, 0.15) is 6.04 Å². The highest BCUT2D eigenvalue weighted by atomic mass is 16.5. The van der Waals surface area contributed by atoms with E-state index >= 15 is 0 Å². The molecule has 0 N–H and O–H groups in total. The summed E-state index contributed by atoms with van der Waals surface area (Å²) in [6.07, 6.45) is 1.55. The molecule has 0 saturated carbocycles. The van der Waals surface area contributed by atoms with E-state index in [1.165, 1.54) is 5.56 Å². The van der Waals surface area contributed by atoms with Gasteiger partial charge in [0.25, 0.3) is 0 Å². The second-order valence-electron chi connectivity index (χ2n) is 7.21. The average Bonchev–Trinajstić information content (AvgIpc) is 2.88. The molecule has 2 aromatic rings. The van der Waals surface area contributed by atoms with Gasteiger partial charge in [0.2, 0.25) is 0 Å². The van der Waals surface area contributed by atoms with Crippen molar-refractivity contribution >= 4 is 0 Å². The maximum atomic E-state index is 9.98. The third-order valence-corrected chi connectivity index (χ3v) is 5.67. The molecule has 1 aliphatic heterocycles. The van der Waals surface area contributed by atoms with E-state index in [1.54, 1.807) is 28.4 Å². The lowest BCUT2D eigenvalue weighted by atomic mass is 9.83. The summed E-state index contributed by atoms with van der Waals surface area (Å²) in [5.41, 5.74) is 3.41. The number of nitrogens with zero attached hydrogens (tertiary/aromatic N) is 2. The molecule has 1 heterocycles. The van der Waals surface area contributed by atoms with Crippen molar-refractivity contribution in [1.29, 1.82) is 5.26 Å². The molecule has 29 heavy (non-hydrogen) atoms. The molecule has 0 aliphatic carbocycles. The summed E-state index contributed by atoms with van der Waals surface area (Å²) in [5.74, 6) is 2.77. The van der Waals surface area contributed by atoms with Gasteiger partial charge in [-0.05, 0) is 60.8 Å². The molecule has 0 saturated heterocycles. The van der Waals surface area contributed by atoms with Crippen molar-refractivity contribution in [3.05, 3.63) is 47.0 Å². The number of methoxy groups -OCH3 is 4. The van der Waals surface area contributed by atoms with E-state index in [2.05, 4.69) is 11.0 Å². The number of hydrogen-bond acceptors (Lipinski definition) is 6. The second-order valence-corrected chi connectivity index (χ2v) is 7.21. The number of ether oxygens (including phenoxy) is 4. The zero-order valence-electron chi connectivity index (χ0n) is 17.7. The SMILES string of the molecule is COc1ccc(CC2c3cc(OC)c(OC)cc3CCN(C)C2C#N)cc1OC. The van der Waals surface area contributed by atoms with Crippen LogP contribution in [0.15, 0.2) is 30.3 Å². The minimum absolute atomic E-state index is 0.0135. The standard InChI is InChI=1S/C23H28N2O4/c1-25-9-8-16-12-22(28-4)23(29-5)13-17(16)18(19(25)14-24)10-15-6-7-20(26-2)21(11-15)27-3/h6-7,11-13,18-19H,8-10H2,1-5H3. The Morgan fingerprint density at radius 2 is 1.55 bits per heavy atom. The van der Waals surface area contributed by atoms with Crippen LogP contribution < -0.4 is 18.9 Å². The Hall–Kier alpha value is -2.91. The van der Waals surface area contributed by atoms with Crippen LogP contribution in [0.4, 0.5) is 0 Å². The van der Waals surface area contributed by atoms with Gasteiger partial charge in [-0.2, -0.15) is 5.26 Å². The molecule has 0 radical (unpaired) electrons. The Kier molecular flexibility index (Phi) is 6.50. The summed E-state index contributed by atoms with van der Waals surface area (Å²) < 4.78 is 21.9. The van der Waals surface area contributed by atoms with Gasteiger partial charge in [-0.15, -0.1) is 0 Å². The van der Waals surface area contributed by atoms with Crippen LogP contribution in [0.3, 0.4) is 0 Å². The van der Waals surface area contributed by atoms with Gasteiger partial charge < -0.3 is 18.9 Å². The predicted octanol–water partition coefficient (Wildman–Crippen LogP) is 3.43. The minimum atomic E-state index is -0.248. The van der Waals surface area contributed by atoms with E-state index in [9.17, 15) is 5.26 Å². The molecule has 2 unspecified atom stereocenters. The normalized spacial score (nSPS) is 18.9.